The van der Waals surface area contributed by atoms with Gasteiger partial charge >= 0.3 is 0 Å². The monoisotopic (exact) mass is 324 g/mol. The van der Waals surface area contributed by atoms with E-state index in [0.29, 0.717) is 5.92 Å². The van der Waals surface area contributed by atoms with Gasteiger partial charge in [0.05, 0.1) is 0 Å². The van der Waals surface area contributed by atoms with Crippen LogP contribution in [-0.4, -0.2) is 34.6 Å². The van der Waals surface area contributed by atoms with Crippen LogP contribution in [0.5, 0.6) is 0 Å². The van der Waals surface area contributed by atoms with Gasteiger partial charge in [-0.1, -0.05) is 24.3 Å². The van der Waals surface area contributed by atoms with Crippen LogP contribution >= 0.6 is 11.8 Å². The fourth-order valence-corrected chi connectivity index (χ4v) is 3.70. The first-order valence-corrected chi connectivity index (χ1v) is 8.85. The molecule has 3 rings (SSSR count). The molecule has 0 saturated carbocycles. The van der Waals surface area contributed by atoms with Gasteiger partial charge in [-0.2, -0.15) is 0 Å². The average Bonchev–Trinajstić information content (AvgIpc) is 3.09. The summed E-state index contributed by atoms with van der Waals surface area (Å²) in [5.41, 5.74) is 0.955. The van der Waals surface area contributed by atoms with Crippen LogP contribution in [0.1, 0.15) is 12.0 Å². The van der Waals surface area contributed by atoms with Crippen LogP contribution in [0.2, 0.25) is 0 Å². The molecule has 1 fully saturated rings. The molecule has 1 aromatic carbocycles. The highest BCUT2D eigenvalue weighted by Gasteiger charge is 2.24. The van der Waals surface area contributed by atoms with Crippen molar-refractivity contribution in [2.75, 3.05) is 18.8 Å². The minimum Gasteiger partial charge on any atom is -0.339 e. The highest BCUT2D eigenvalue weighted by molar-refractivity contribution is 7.99. The van der Waals surface area contributed by atoms with E-state index in [-0.39, 0.29) is 5.91 Å². The summed E-state index contributed by atoms with van der Waals surface area (Å²) in [5.74, 6) is 1.75. The van der Waals surface area contributed by atoms with Gasteiger partial charge in [-0.3, -0.25) is 9.78 Å². The van der Waals surface area contributed by atoms with Crippen LogP contribution in [0.4, 0.5) is 0 Å². The molecule has 3 nitrogen and oxygen atoms in total. The zero-order chi connectivity index (χ0) is 15.9. The van der Waals surface area contributed by atoms with Crippen molar-refractivity contribution in [3.05, 3.63) is 66.5 Å². The number of pyridine rings is 1. The lowest BCUT2D eigenvalue weighted by Gasteiger charge is -2.14. The normalized spacial score (nSPS) is 17.7. The number of carbonyl (C=O) groups excluding carboxylic acids is 1. The van der Waals surface area contributed by atoms with Crippen LogP contribution in [0, 0.1) is 5.92 Å². The molecule has 118 valence electrons. The fraction of sp³-hybridized carbons (Fsp3) is 0.263. The predicted molar refractivity (Wildman–Crippen MR) is 95.1 cm³/mol. The van der Waals surface area contributed by atoms with E-state index < -0.39 is 0 Å². The third-order valence-electron chi connectivity index (χ3n) is 3.93. The van der Waals surface area contributed by atoms with Crippen molar-refractivity contribution in [2.24, 2.45) is 5.92 Å². The molecule has 1 amide bonds. The maximum atomic E-state index is 12.3. The molecule has 0 radical (unpaired) electrons. The number of thioether (sulfide) groups is 1. The van der Waals surface area contributed by atoms with E-state index in [2.05, 4.69) is 29.2 Å². The molecular formula is C19H20N2OS. The van der Waals surface area contributed by atoms with E-state index in [0.717, 1.165) is 30.8 Å². The largest absolute Gasteiger partial charge is 0.339 e. The van der Waals surface area contributed by atoms with Crippen molar-refractivity contribution >= 4 is 23.7 Å². The molecule has 4 heteroatoms. The Hall–Kier alpha value is -2.07. The number of likely N-dealkylation sites (tertiary alicyclic amines) is 1. The molecule has 2 aromatic rings. The van der Waals surface area contributed by atoms with Gasteiger partial charge in [0.2, 0.25) is 5.91 Å². The van der Waals surface area contributed by atoms with Crippen molar-refractivity contribution in [1.29, 1.82) is 0 Å². The molecule has 0 N–H and O–H groups in total. The summed E-state index contributed by atoms with van der Waals surface area (Å²) < 4.78 is 0. The van der Waals surface area contributed by atoms with E-state index in [9.17, 15) is 4.79 Å². The van der Waals surface area contributed by atoms with Crippen LogP contribution < -0.4 is 0 Å². The molecule has 23 heavy (non-hydrogen) atoms. The fourth-order valence-electron chi connectivity index (χ4n) is 2.65. The molecular weight excluding hydrogens is 304 g/mol. The van der Waals surface area contributed by atoms with E-state index >= 15 is 0 Å². The summed E-state index contributed by atoms with van der Waals surface area (Å²) >= 11 is 1.88. The molecule has 1 aliphatic heterocycles. The number of carbonyl (C=O) groups is 1. The van der Waals surface area contributed by atoms with Crippen molar-refractivity contribution < 1.29 is 4.79 Å². The summed E-state index contributed by atoms with van der Waals surface area (Å²) in [6, 6.07) is 14.3. The Kier molecular flexibility index (Phi) is 5.48. The highest BCUT2D eigenvalue weighted by Crippen LogP contribution is 2.26. The minimum atomic E-state index is 0.0982. The first kappa shape index (κ1) is 15.8. The Labute approximate surface area is 141 Å². The first-order valence-electron chi connectivity index (χ1n) is 7.86. The molecule has 0 bridgehead atoms. The summed E-state index contributed by atoms with van der Waals surface area (Å²) in [6.07, 6.45) is 8.07. The van der Waals surface area contributed by atoms with E-state index in [4.69, 9.17) is 0 Å². The second-order valence-electron chi connectivity index (χ2n) is 5.68. The number of aromatic nitrogens is 1. The standard InChI is InChI=1S/C19H20N2OS/c22-19(9-8-16-5-4-11-20-13-16)21-12-10-17(14-21)15-23-18-6-2-1-3-7-18/h1-9,11,13,17H,10,12,14-15H2/b9-8-/t17-/m1/s1. The third-order valence-corrected chi connectivity index (χ3v) is 5.17. The number of hydrogen-bond donors (Lipinski definition) is 0. The second-order valence-corrected chi connectivity index (χ2v) is 6.78. The van der Waals surface area contributed by atoms with E-state index in [1.807, 2.05) is 40.9 Å². The Morgan fingerprint density at radius 2 is 2.13 bits per heavy atom. The van der Waals surface area contributed by atoms with Gasteiger partial charge in [0.25, 0.3) is 0 Å². The Balaban J connectivity index is 1.47. The lowest BCUT2D eigenvalue weighted by molar-refractivity contribution is -0.125. The lowest BCUT2D eigenvalue weighted by atomic mass is 10.2. The SMILES string of the molecule is O=C(/C=C\c1cccnc1)N1CC[C@@H](CSc2ccccc2)C1. The zero-order valence-corrected chi connectivity index (χ0v) is 13.8. The van der Waals surface area contributed by atoms with E-state index in [1.54, 1.807) is 18.5 Å². The van der Waals surface area contributed by atoms with Crippen molar-refractivity contribution in [1.82, 2.24) is 9.88 Å². The van der Waals surface area contributed by atoms with Crippen molar-refractivity contribution in [2.45, 2.75) is 11.3 Å². The van der Waals surface area contributed by atoms with Gasteiger partial charge in [-0.25, -0.2) is 0 Å². The first-order chi connectivity index (χ1) is 11.3. The van der Waals surface area contributed by atoms with Crippen molar-refractivity contribution in [3.8, 4) is 0 Å². The molecule has 0 unspecified atom stereocenters. The molecule has 1 aliphatic rings. The second kappa shape index (κ2) is 7.97. The van der Waals surface area contributed by atoms with Gasteiger partial charge in [-0.05, 0) is 42.2 Å². The highest BCUT2D eigenvalue weighted by atomic mass is 32.2. The Morgan fingerprint density at radius 3 is 2.91 bits per heavy atom. The lowest BCUT2D eigenvalue weighted by Crippen LogP contribution is -2.27. The number of amides is 1. The number of hydrogen-bond acceptors (Lipinski definition) is 3. The molecule has 1 atom stereocenters. The smallest absolute Gasteiger partial charge is 0.246 e. The zero-order valence-electron chi connectivity index (χ0n) is 13.0. The van der Waals surface area contributed by atoms with Gasteiger partial charge in [0.15, 0.2) is 0 Å². The van der Waals surface area contributed by atoms with Crippen LogP contribution in [-0.2, 0) is 4.79 Å². The molecule has 1 saturated heterocycles. The molecule has 0 spiro atoms. The van der Waals surface area contributed by atoms with Crippen LogP contribution in [0.25, 0.3) is 6.08 Å². The van der Waals surface area contributed by atoms with Gasteiger partial charge in [0.1, 0.15) is 0 Å². The number of benzene rings is 1. The van der Waals surface area contributed by atoms with Crippen LogP contribution in [0.3, 0.4) is 0 Å². The minimum absolute atomic E-state index is 0.0982. The van der Waals surface area contributed by atoms with Crippen LogP contribution in [0.15, 0.2) is 65.8 Å². The Bertz CT molecular complexity index is 658. The van der Waals surface area contributed by atoms with Gasteiger partial charge < -0.3 is 4.90 Å². The summed E-state index contributed by atoms with van der Waals surface area (Å²) in [4.78, 5) is 19.5. The number of rotatable bonds is 5. The van der Waals surface area contributed by atoms with Gasteiger partial charge in [0, 0.05) is 42.2 Å². The topological polar surface area (TPSA) is 33.2 Å². The summed E-state index contributed by atoms with van der Waals surface area (Å²) in [5, 5.41) is 0. The maximum absolute atomic E-state index is 12.3. The maximum Gasteiger partial charge on any atom is 0.246 e. The average molecular weight is 324 g/mol. The summed E-state index contributed by atoms with van der Waals surface area (Å²) in [6.45, 7) is 1.71. The third kappa shape index (κ3) is 4.70. The molecule has 1 aromatic heterocycles. The van der Waals surface area contributed by atoms with E-state index in [1.165, 1.54) is 4.90 Å². The van der Waals surface area contributed by atoms with Crippen molar-refractivity contribution in [3.63, 3.8) is 0 Å². The summed E-state index contributed by atoms with van der Waals surface area (Å²) in [7, 11) is 0. The number of nitrogens with zero attached hydrogens (tertiary/aromatic N) is 2. The quantitative estimate of drug-likeness (QED) is 0.620. The molecule has 2 heterocycles. The van der Waals surface area contributed by atoms with Gasteiger partial charge in [-0.15, -0.1) is 11.8 Å². The molecule has 0 aliphatic carbocycles. The Morgan fingerprint density at radius 1 is 1.26 bits per heavy atom. The predicted octanol–water partition coefficient (Wildman–Crippen LogP) is 3.74.